The number of hydrogen-bond donors (Lipinski definition) is 2. The second-order valence-electron chi connectivity index (χ2n) is 9.44. The Labute approximate surface area is 240 Å². The van der Waals surface area contributed by atoms with Crippen LogP contribution in [0.1, 0.15) is 78.3 Å². The monoisotopic (exact) mass is 572 g/mol. The third-order valence-corrected chi connectivity index (χ3v) is 5.04. The number of benzene rings is 2. The summed E-state index contributed by atoms with van der Waals surface area (Å²) in [6.07, 6.45) is 1.59. The molecule has 0 aliphatic heterocycles. The zero-order chi connectivity index (χ0) is 29.1. The Hall–Kier alpha value is -4.08. The summed E-state index contributed by atoms with van der Waals surface area (Å²) in [5.74, 6) is 0.104. The van der Waals surface area contributed by atoms with Crippen LogP contribution in [0.25, 0.3) is 20.9 Å². The number of ketones is 2. The number of carbonyl (C=O) groups excluding carboxylic acids is 3. The lowest BCUT2D eigenvalue weighted by Gasteiger charge is -2.19. The van der Waals surface area contributed by atoms with Crippen LogP contribution in [0, 0.1) is 0 Å². The van der Waals surface area contributed by atoms with Crippen LogP contribution in [0.2, 0.25) is 0 Å². The molecule has 0 saturated carbocycles. The second-order valence-corrected chi connectivity index (χ2v) is 9.44. The van der Waals surface area contributed by atoms with Gasteiger partial charge < -0.3 is 15.8 Å². The van der Waals surface area contributed by atoms with Gasteiger partial charge in [-0.2, -0.15) is 0 Å². The predicted octanol–water partition coefficient (Wildman–Crippen LogP) is 6.82. The van der Waals surface area contributed by atoms with E-state index in [-0.39, 0.29) is 30.5 Å². The Morgan fingerprint density at radius 3 is 1.62 bits per heavy atom. The van der Waals surface area contributed by atoms with E-state index in [0.717, 1.165) is 11.1 Å². The molecule has 13 heteroatoms. The summed E-state index contributed by atoms with van der Waals surface area (Å²) in [6, 6.07) is 14.1. The van der Waals surface area contributed by atoms with Gasteiger partial charge in [-0.05, 0) is 62.3 Å². The quantitative estimate of drug-likeness (QED) is 0.0870. The van der Waals surface area contributed by atoms with Gasteiger partial charge in [0.05, 0.1) is 13.1 Å². The van der Waals surface area contributed by atoms with E-state index < -0.39 is 11.7 Å². The van der Waals surface area contributed by atoms with Gasteiger partial charge in [0, 0.05) is 40.3 Å². The molecule has 2 rings (SSSR count). The van der Waals surface area contributed by atoms with Crippen LogP contribution in [-0.4, -0.2) is 36.4 Å². The molecule has 2 aromatic carbocycles. The maximum Gasteiger partial charge on any atom is 0.407 e. The molecule has 40 heavy (non-hydrogen) atoms. The van der Waals surface area contributed by atoms with Crippen LogP contribution in [0.5, 0.6) is 0 Å². The standard InChI is InChI=1S/C16H22N4O3.C11H14N4O.ClH/c1-16(2,3)23-15(22)18-10-4-5-14(21)13-8-6-12(7-9-13)11-19-20-17;12-7-1-2-11(16)10-5-3-9(4-6-10)8-14-15-13;/h6-9H,4-5,10-11H2,1-3H3,(H,18,22);3-6H,1-2,7-8,12H2;1H. The fourth-order valence-corrected chi connectivity index (χ4v) is 3.12. The first-order chi connectivity index (χ1) is 18.6. The number of nitrogens with zero attached hydrogens (tertiary/aromatic N) is 6. The first kappa shape index (κ1) is 35.9. The summed E-state index contributed by atoms with van der Waals surface area (Å²) in [5.41, 5.74) is 24.3. The average Bonchev–Trinajstić information content (AvgIpc) is 2.91. The number of nitrogens with one attached hydrogen (secondary N) is 1. The van der Waals surface area contributed by atoms with E-state index in [1.807, 2.05) is 0 Å². The highest BCUT2D eigenvalue weighted by Crippen LogP contribution is 2.11. The number of rotatable bonds is 13. The zero-order valence-corrected chi connectivity index (χ0v) is 23.9. The van der Waals surface area contributed by atoms with Gasteiger partial charge >= 0.3 is 6.09 Å². The van der Waals surface area contributed by atoms with Gasteiger partial charge in [0.25, 0.3) is 0 Å². The molecular formula is C27H37ClN8O4. The Morgan fingerprint density at radius 2 is 1.25 bits per heavy atom. The SMILES string of the molecule is CC(C)(C)OC(=O)NCCCC(=O)c1ccc(CN=[N+]=[N-])cc1.Cl.[N-]=[N+]=NCc1ccc(C(=O)CCCN)cc1. The van der Waals surface area contributed by atoms with E-state index in [9.17, 15) is 14.4 Å². The van der Waals surface area contributed by atoms with Crippen LogP contribution in [0.3, 0.4) is 0 Å². The Kier molecular flexibility index (Phi) is 17.9. The molecule has 216 valence electrons. The first-order valence-corrected chi connectivity index (χ1v) is 12.5. The normalized spacial score (nSPS) is 9.90. The third kappa shape index (κ3) is 16.0. The molecule has 0 radical (unpaired) electrons. The fourth-order valence-electron chi connectivity index (χ4n) is 3.12. The molecule has 12 nitrogen and oxygen atoms in total. The fraction of sp³-hybridized carbons (Fsp3) is 0.444. The molecule has 0 aliphatic carbocycles. The highest BCUT2D eigenvalue weighted by molar-refractivity contribution is 5.96. The van der Waals surface area contributed by atoms with Crippen molar-refractivity contribution in [2.24, 2.45) is 16.0 Å². The number of amides is 1. The second kappa shape index (κ2) is 19.9. The topological polar surface area (TPSA) is 196 Å². The average molecular weight is 573 g/mol. The number of azide groups is 2. The minimum atomic E-state index is -0.531. The third-order valence-electron chi connectivity index (χ3n) is 5.04. The number of carbonyl (C=O) groups is 3. The summed E-state index contributed by atoms with van der Waals surface area (Å²) in [7, 11) is 0. The maximum absolute atomic E-state index is 12.0. The minimum Gasteiger partial charge on any atom is -0.444 e. The number of nitrogens with two attached hydrogens (primary N) is 1. The Morgan fingerprint density at radius 1 is 0.825 bits per heavy atom. The molecular weight excluding hydrogens is 536 g/mol. The van der Waals surface area contributed by atoms with Crippen molar-refractivity contribution in [2.75, 3.05) is 13.1 Å². The molecule has 0 aromatic heterocycles. The Bertz CT molecular complexity index is 1170. The van der Waals surface area contributed by atoms with Gasteiger partial charge in [-0.25, -0.2) is 4.79 Å². The number of halogens is 1. The van der Waals surface area contributed by atoms with Crippen LogP contribution < -0.4 is 11.1 Å². The number of hydrogen-bond acceptors (Lipinski definition) is 7. The smallest absolute Gasteiger partial charge is 0.407 e. The molecule has 0 aliphatic rings. The van der Waals surface area contributed by atoms with Crippen molar-refractivity contribution in [3.8, 4) is 0 Å². The Balaban J connectivity index is 0.000000788. The first-order valence-electron chi connectivity index (χ1n) is 12.5. The molecule has 0 atom stereocenters. The lowest BCUT2D eigenvalue weighted by molar-refractivity contribution is 0.0525. The summed E-state index contributed by atoms with van der Waals surface area (Å²) >= 11 is 0. The molecule has 0 spiro atoms. The van der Waals surface area contributed by atoms with Gasteiger partial charge in [0.1, 0.15) is 5.60 Å². The van der Waals surface area contributed by atoms with Crippen molar-refractivity contribution in [2.45, 2.75) is 65.1 Å². The molecule has 2 aromatic rings. The van der Waals surface area contributed by atoms with E-state index in [1.54, 1.807) is 69.3 Å². The van der Waals surface area contributed by atoms with Crippen molar-refractivity contribution < 1.29 is 19.1 Å². The van der Waals surface area contributed by atoms with Gasteiger partial charge in [0.15, 0.2) is 11.6 Å². The summed E-state index contributed by atoms with van der Waals surface area (Å²) in [4.78, 5) is 40.4. The zero-order valence-electron chi connectivity index (χ0n) is 23.1. The van der Waals surface area contributed by atoms with E-state index in [0.29, 0.717) is 56.4 Å². The highest BCUT2D eigenvalue weighted by atomic mass is 35.5. The highest BCUT2D eigenvalue weighted by Gasteiger charge is 2.15. The van der Waals surface area contributed by atoms with Crippen molar-refractivity contribution in [1.29, 1.82) is 0 Å². The van der Waals surface area contributed by atoms with E-state index >= 15 is 0 Å². The van der Waals surface area contributed by atoms with Gasteiger partial charge in [-0.1, -0.05) is 58.8 Å². The number of Topliss-reactive ketones (excluding diaryl/α,β-unsaturated/α-hetero) is 2. The molecule has 3 N–H and O–H groups in total. The lowest BCUT2D eigenvalue weighted by Crippen LogP contribution is -2.33. The van der Waals surface area contributed by atoms with E-state index in [2.05, 4.69) is 25.4 Å². The summed E-state index contributed by atoms with van der Waals surface area (Å²) in [6.45, 7) is 6.87. The van der Waals surface area contributed by atoms with Gasteiger partial charge in [-0.3, -0.25) is 9.59 Å². The predicted molar refractivity (Wildman–Crippen MR) is 156 cm³/mol. The van der Waals surface area contributed by atoms with Crippen LogP contribution in [0.4, 0.5) is 4.79 Å². The number of alkyl carbamates (subject to hydrolysis) is 1. The molecule has 1 amide bonds. The molecule has 0 saturated heterocycles. The van der Waals surface area contributed by atoms with Gasteiger partial charge in [-0.15, -0.1) is 12.4 Å². The van der Waals surface area contributed by atoms with E-state index in [1.165, 1.54) is 0 Å². The molecule has 0 heterocycles. The van der Waals surface area contributed by atoms with Crippen molar-refractivity contribution >= 4 is 30.1 Å². The molecule has 0 bridgehead atoms. The van der Waals surface area contributed by atoms with Crippen molar-refractivity contribution in [3.63, 3.8) is 0 Å². The van der Waals surface area contributed by atoms with Crippen molar-refractivity contribution in [1.82, 2.24) is 5.32 Å². The van der Waals surface area contributed by atoms with Crippen LogP contribution >= 0.6 is 12.4 Å². The van der Waals surface area contributed by atoms with Crippen LogP contribution in [0.15, 0.2) is 58.8 Å². The van der Waals surface area contributed by atoms with Gasteiger partial charge in [0.2, 0.25) is 0 Å². The lowest BCUT2D eigenvalue weighted by atomic mass is 10.0. The number of ether oxygens (including phenoxy) is 1. The minimum absolute atomic E-state index is 0. The summed E-state index contributed by atoms with van der Waals surface area (Å²) in [5, 5.41) is 9.53. The van der Waals surface area contributed by atoms with E-state index in [4.69, 9.17) is 21.5 Å². The maximum atomic E-state index is 12.0. The largest absolute Gasteiger partial charge is 0.444 e. The van der Waals surface area contributed by atoms with Crippen molar-refractivity contribution in [3.05, 3.63) is 91.7 Å². The molecule has 0 fully saturated rings. The van der Waals surface area contributed by atoms with Crippen LogP contribution in [-0.2, 0) is 17.8 Å². The molecule has 0 unspecified atom stereocenters. The summed E-state index contributed by atoms with van der Waals surface area (Å²) < 4.78 is 5.11.